The average Bonchev–Trinajstić information content (AvgIpc) is 2.84. The molecular formula is C12H11BrN2O4. The number of esters is 1. The van der Waals surface area contributed by atoms with Gasteiger partial charge >= 0.3 is 12.0 Å². The van der Waals surface area contributed by atoms with Gasteiger partial charge in [-0.2, -0.15) is 4.98 Å². The van der Waals surface area contributed by atoms with Crippen LogP contribution < -0.4 is 10.5 Å². The van der Waals surface area contributed by atoms with Gasteiger partial charge in [0.1, 0.15) is 12.0 Å². The number of benzene rings is 1. The summed E-state index contributed by atoms with van der Waals surface area (Å²) in [6.07, 6.45) is 1.11. The molecule has 0 atom stereocenters. The van der Waals surface area contributed by atoms with E-state index in [0.717, 1.165) is 0 Å². The molecule has 0 spiro atoms. The normalized spacial score (nSPS) is 10.2. The Labute approximate surface area is 117 Å². The van der Waals surface area contributed by atoms with Crippen LogP contribution >= 0.6 is 15.9 Å². The molecule has 2 rings (SSSR count). The molecule has 0 radical (unpaired) electrons. The molecule has 0 amide bonds. The number of ether oxygens (including phenoxy) is 2. The van der Waals surface area contributed by atoms with Crippen LogP contribution in [0.4, 0.5) is 5.69 Å². The SMILES string of the molecule is CCOC(=O)c1coc(Oc2cccc(N)c2Br)n1. The number of nitrogens with two attached hydrogens (primary N) is 1. The number of carbonyl (C=O) groups excluding carboxylic acids is 1. The summed E-state index contributed by atoms with van der Waals surface area (Å²) < 4.78 is 15.8. The Kier molecular flexibility index (Phi) is 4.06. The predicted molar refractivity (Wildman–Crippen MR) is 71.1 cm³/mol. The summed E-state index contributed by atoms with van der Waals surface area (Å²) in [6.45, 7) is 1.97. The van der Waals surface area contributed by atoms with Crippen LogP contribution in [0.1, 0.15) is 17.4 Å². The minimum absolute atomic E-state index is 0.0527. The third kappa shape index (κ3) is 3.05. The van der Waals surface area contributed by atoms with E-state index in [-0.39, 0.29) is 18.4 Å². The summed E-state index contributed by atoms with van der Waals surface area (Å²) in [5, 5.41) is 0. The summed E-state index contributed by atoms with van der Waals surface area (Å²) in [5.41, 5.74) is 6.29. The molecule has 1 aromatic heterocycles. The standard InChI is InChI=1S/C12H11BrN2O4/c1-2-17-11(16)8-6-18-12(15-8)19-9-5-3-4-7(14)10(9)13/h3-6H,2,14H2,1H3. The molecule has 19 heavy (non-hydrogen) atoms. The van der Waals surface area contributed by atoms with Crippen molar-refractivity contribution < 1.29 is 18.7 Å². The Bertz CT molecular complexity index is 597. The molecule has 2 aromatic rings. The van der Waals surface area contributed by atoms with E-state index in [9.17, 15) is 4.79 Å². The number of hydrogen-bond donors (Lipinski definition) is 1. The van der Waals surface area contributed by atoms with Crippen molar-refractivity contribution in [2.45, 2.75) is 6.92 Å². The van der Waals surface area contributed by atoms with E-state index >= 15 is 0 Å². The smallest absolute Gasteiger partial charge is 0.399 e. The lowest BCUT2D eigenvalue weighted by Crippen LogP contribution is -2.04. The van der Waals surface area contributed by atoms with Crippen molar-refractivity contribution in [1.82, 2.24) is 4.98 Å². The van der Waals surface area contributed by atoms with Gasteiger partial charge in [0, 0.05) is 5.69 Å². The zero-order chi connectivity index (χ0) is 13.8. The first-order valence-corrected chi connectivity index (χ1v) is 6.25. The van der Waals surface area contributed by atoms with Crippen LogP contribution in [0.2, 0.25) is 0 Å². The number of anilines is 1. The highest BCUT2D eigenvalue weighted by Gasteiger charge is 2.15. The number of nitrogens with zero attached hydrogens (tertiary/aromatic N) is 1. The Hall–Kier alpha value is -2.02. The Morgan fingerprint density at radius 2 is 2.32 bits per heavy atom. The van der Waals surface area contributed by atoms with Crippen LogP contribution in [-0.2, 0) is 4.74 Å². The van der Waals surface area contributed by atoms with Gasteiger partial charge in [-0.15, -0.1) is 0 Å². The minimum atomic E-state index is -0.562. The molecular weight excluding hydrogens is 316 g/mol. The van der Waals surface area contributed by atoms with Crippen LogP contribution in [0.25, 0.3) is 0 Å². The molecule has 0 fully saturated rings. The number of hydrogen-bond acceptors (Lipinski definition) is 6. The summed E-state index contributed by atoms with van der Waals surface area (Å²) in [4.78, 5) is 15.3. The van der Waals surface area contributed by atoms with Crippen LogP contribution in [-0.4, -0.2) is 17.6 Å². The van der Waals surface area contributed by atoms with Crippen LogP contribution in [0, 0.1) is 0 Å². The minimum Gasteiger partial charge on any atom is -0.461 e. The molecule has 100 valence electrons. The summed E-state index contributed by atoms with van der Waals surface area (Å²) in [7, 11) is 0. The lowest BCUT2D eigenvalue weighted by molar-refractivity contribution is 0.0519. The Balaban J connectivity index is 2.16. The topological polar surface area (TPSA) is 87.6 Å². The highest BCUT2D eigenvalue weighted by Crippen LogP contribution is 2.33. The maximum atomic E-state index is 11.4. The highest BCUT2D eigenvalue weighted by atomic mass is 79.9. The first kappa shape index (κ1) is 13.4. The van der Waals surface area contributed by atoms with E-state index in [0.29, 0.717) is 15.9 Å². The average molecular weight is 327 g/mol. The largest absolute Gasteiger partial charge is 0.461 e. The van der Waals surface area contributed by atoms with Gasteiger partial charge in [-0.05, 0) is 35.0 Å². The number of oxazole rings is 1. The van der Waals surface area contributed by atoms with Gasteiger partial charge in [0.15, 0.2) is 5.69 Å². The number of halogens is 1. The fourth-order valence-corrected chi connectivity index (χ4v) is 1.65. The van der Waals surface area contributed by atoms with E-state index in [1.54, 1.807) is 25.1 Å². The first-order chi connectivity index (χ1) is 9.11. The molecule has 1 aromatic carbocycles. The molecule has 0 aliphatic heterocycles. The predicted octanol–water partition coefficient (Wildman–Crippen LogP) is 2.99. The molecule has 0 bridgehead atoms. The molecule has 2 N–H and O–H groups in total. The van der Waals surface area contributed by atoms with E-state index in [4.69, 9.17) is 19.6 Å². The van der Waals surface area contributed by atoms with Crippen molar-refractivity contribution in [3.05, 3.63) is 34.6 Å². The van der Waals surface area contributed by atoms with Crippen LogP contribution in [0.15, 0.2) is 33.4 Å². The maximum absolute atomic E-state index is 11.4. The van der Waals surface area contributed by atoms with Gasteiger partial charge in [-0.1, -0.05) is 6.07 Å². The number of nitrogen functional groups attached to an aromatic ring is 1. The number of aromatic nitrogens is 1. The van der Waals surface area contributed by atoms with E-state index < -0.39 is 5.97 Å². The van der Waals surface area contributed by atoms with Crippen LogP contribution in [0.3, 0.4) is 0 Å². The Morgan fingerprint density at radius 1 is 1.53 bits per heavy atom. The molecule has 0 saturated heterocycles. The quantitative estimate of drug-likeness (QED) is 0.686. The fourth-order valence-electron chi connectivity index (χ4n) is 1.30. The molecule has 6 nitrogen and oxygen atoms in total. The highest BCUT2D eigenvalue weighted by molar-refractivity contribution is 9.10. The summed E-state index contributed by atoms with van der Waals surface area (Å²) in [6, 6.07) is 5.13. The van der Waals surface area contributed by atoms with Crippen molar-refractivity contribution >= 4 is 27.6 Å². The number of carbonyl (C=O) groups is 1. The Morgan fingerprint density at radius 3 is 3.05 bits per heavy atom. The van der Waals surface area contributed by atoms with Gasteiger partial charge < -0.3 is 19.6 Å². The zero-order valence-electron chi connectivity index (χ0n) is 10.1. The van der Waals surface area contributed by atoms with Gasteiger partial charge in [0.05, 0.1) is 11.1 Å². The van der Waals surface area contributed by atoms with Crippen molar-refractivity contribution in [3.8, 4) is 11.8 Å². The molecule has 7 heteroatoms. The maximum Gasteiger partial charge on any atom is 0.399 e. The fraction of sp³-hybridized carbons (Fsp3) is 0.167. The summed E-state index contributed by atoms with van der Waals surface area (Å²) in [5.74, 6) is -0.120. The lowest BCUT2D eigenvalue weighted by atomic mass is 10.3. The second kappa shape index (κ2) is 5.75. The van der Waals surface area contributed by atoms with Gasteiger partial charge in [-0.25, -0.2) is 4.79 Å². The summed E-state index contributed by atoms with van der Waals surface area (Å²) >= 11 is 3.29. The molecule has 1 heterocycles. The van der Waals surface area contributed by atoms with Crippen molar-refractivity contribution in [2.24, 2.45) is 0 Å². The van der Waals surface area contributed by atoms with Crippen molar-refractivity contribution in [3.63, 3.8) is 0 Å². The third-order valence-corrected chi connectivity index (χ3v) is 3.01. The van der Waals surface area contributed by atoms with Crippen LogP contribution in [0.5, 0.6) is 11.8 Å². The first-order valence-electron chi connectivity index (χ1n) is 5.46. The third-order valence-electron chi connectivity index (χ3n) is 2.16. The molecule has 0 unspecified atom stereocenters. The monoisotopic (exact) mass is 326 g/mol. The molecule has 0 saturated carbocycles. The molecule has 0 aliphatic rings. The van der Waals surface area contributed by atoms with Gasteiger partial charge in [0.2, 0.25) is 0 Å². The van der Waals surface area contributed by atoms with E-state index in [1.807, 2.05) is 0 Å². The van der Waals surface area contributed by atoms with E-state index in [1.165, 1.54) is 6.26 Å². The van der Waals surface area contributed by atoms with Crippen molar-refractivity contribution in [1.29, 1.82) is 0 Å². The second-order valence-corrected chi connectivity index (χ2v) is 4.27. The molecule has 0 aliphatic carbocycles. The van der Waals surface area contributed by atoms with Crippen molar-refractivity contribution in [2.75, 3.05) is 12.3 Å². The number of rotatable bonds is 4. The second-order valence-electron chi connectivity index (χ2n) is 3.48. The lowest BCUT2D eigenvalue weighted by Gasteiger charge is -2.04. The zero-order valence-corrected chi connectivity index (χ0v) is 11.6. The van der Waals surface area contributed by atoms with Gasteiger partial charge in [0.25, 0.3) is 0 Å². The van der Waals surface area contributed by atoms with E-state index in [2.05, 4.69) is 20.9 Å². The van der Waals surface area contributed by atoms with Gasteiger partial charge in [-0.3, -0.25) is 0 Å².